The summed E-state index contributed by atoms with van der Waals surface area (Å²) in [7, 11) is 3.45. The molecule has 0 saturated heterocycles. The molecule has 2 heterocycles. The van der Waals surface area contributed by atoms with Gasteiger partial charge < -0.3 is 14.4 Å². The van der Waals surface area contributed by atoms with E-state index in [9.17, 15) is 5.11 Å². The van der Waals surface area contributed by atoms with E-state index >= 15 is 0 Å². The van der Waals surface area contributed by atoms with Crippen LogP contribution in [-0.2, 0) is 7.05 Å². The number of aryl methyl sites for hydroxylation is 1. The molecule has 0 unspecified atom stereocenters. The molecule has 2 aromatic heterocycles. The first-order chi connectivity index (χ1) is 9.20. The molecule has 0 amide bonds. The third-order valence-electron chi connectivity index (χ3n) is 3.09. The number of hydrogen-bond acceptors (Lipinski definition) is 4. The Balaban J connectivity index is 2.19. The molecule has 0 aliphatic rings. The summed E-state index contributed by atoms with van der Waals surface area (Å²) in [5.74, 6) is 1.30. The van der Waals surface area contributed by atoms with Gasteiger partial charge in [-0.15, -0.1) is 0 Å². The molecule has 0 radical (unpaired) electrons. The van der Waals surface area contributed by atoms with Crippen molar-refractivity contribution in [2.75, 3.05) is 7.11 Å². The molecule has 0 aliphatic carbocycles. The first-order valence-electron chi connectivity index (χ1n) is 5.85. The van der Waals surface area contributed by atoms with Gasteiger partial charge in [-0.25, -0.2) is 9.97 Å². The largest absolute Gasteiger partial charge is 0.504 e. The van der Waals surface area contributed by atoms with Crippen molar-refractivity contribution in [2.24, 2.45) is 7.05 Å². The molecule has 5 nitrogen and oxygen atoms in total. The van der Waals surface area contributed by atoms with Crippen LogP contribution in [0.25, 0.3) is 22.6 Å². The van der Waals surface area contributed by atoms with Crippen molar-refractivity contribution in [1.29, 1.82) is 0 Å². The molecule has 0 aliphatic heterocycles. The molecule has 19 heavy (non-hydrogen) atoms. The van der Waals surface area contributed by atoms with Crippen molar-refractivity contribution >= 4 is 11.2 Å². The molecule has 0 bridgehead atoms. The van der Waals surface area contributed by atoms with Crippen molar-refractivity contribution < 1.29 is 9.84 Å². The van der Waals surface area contributed by atoms with Crippen molar-refractivity contribution in [3.05, 3.63) is 36.5 Å². The van der Waals surface area contributed by atoms with E-state index in [0.717, 1.165) is 16.9 Å². The normalized spacial score (nSPS) is 10.8. The van der Waals surface area contributed by atoms with Crippen LogP contribution < -0.4 is 4.74 Å². The summed E-state index contributed by atoms with van der Waals surface area (Å²) in [6.45, 7) is 0. The third kappa shape index (κ3) is 1.79. The van der Waals surface area contributed by atoms with Crippen LogP contribution in [0.15, 0.2) is 36.5 Å². The summed E-state index contributed by atoms with van der Waals surface area (Å²) in [4.78, 5) is 8.70. The lowest BCUT2D eigenvalue weighted by molar-refractivity contribution is 0.373. The van der Waals surface area contributed by atoms with Gasteiger partial charge in [-0.2, -0.15) is 0 Å². The zero-order valence-electron chi connectivity index (χ0n) is 10.7. The van der Waals surface area contributed by atoms with E-state index in [1.807, 2.05) is 29.8 Å². The van der Waals surface area contributed by atoms with E-state index in [-0.39, 0.29) is 5.75 Å². The maximum Gasteiger partial charge on any atom is 0.178 e. The van der Waals surface area contributed by atoms with Gasteiger partial charge in [-0.3, -0.25) is 0 Å². The molecular weight excluding hydrogens is 242 g/mol. The quantitative estimate of drug-likeness (QED) is 0.763. The van der Waals surface area contributed by atoms with Gasteiger partial charge >= 0.3 is 0 Å². The van der Waals surface area contributed by atoms with Crippen LogP contribution in [0.3, 0.4) is 0 Å². The molecule has 0 saturated carbocycles. The van der Waals surface area contributed by atoms with Crippen molar-refractivity contribution in [3.63, 3.8) is 0 Å². The van der Waals surface area contributed by atoms with Crippen molar-refractivity contribution in [1.82, 2.24) is 14.5 Å². The van der Waals surface area contributed by atoms with E-state index in [1.165, 1.54) is 7.11 Å². The van der Waals surface area contributed by atoms with E-state index < -0.39 is 0 Å². The monoisotopic (exact) mass is 255 g/mol. The maximum absolute atomic E-state index is 9.84. The van der Waals surface area contributed by atoms with Crippen molar-refractivity contribution in [2.45, 2.75) is 0 Å². The van der Waals surface area contributed by atoms with Gasteiger partial charge in [0.25, 0.3) is 0 Å². The molecule has 5 heteroatoms. The fourth-order valence-electron chi connectivity index (χ4n) is 2.11. The predicted molar refractivity (Wildman–Crippen MR) is 72.2 cm³/mol. The smallest absolute Gasteiger partial charge is 0.178 e. The van der Waals surface area contributed by atoms with Crippen LogP contribution >= 0.6 is 0 Å². The maximum atomic E-state index is 9.84. The fourth-order valence-corrected chi connectivity index (χ4v) is 2.11. The predicted octanol–water partition coefficient (Wildman–Crippen LogP) is 2.35. The fraction of sp³-hybridized carbons (Fsp3) is 0.143. The standard InChI is InChI=1S/C14H13N3O2/c1-17-10-4-3-7-15-13(10)16-14(17)9-5-6-12(19-2)11(18)8-9/h3-8,18H,1-2H3. The Labute approximate surface area is 110 Å². The van der Waals surface area contributed by atoms with Gasteiger partial charge in [0.15, 0.2) is 17.1 Å². The van der Waals surface area contributed by atoms with Crippen LogP contribution in [0.5, 0.6) is 11.5 Å². The number of rotatable bonds is 2. The zero-order chi connectivity index (χ0) is 13.4. The Morgan fingerprint density at radius 2 is 2.11 bits per heavy atom. The molecule has 3 aromatic rings. The number of imidazole rings is 1. The van der Waals surface area contributed by atoms with Crippen molar-refractivity contribution in [3.8, 4) is 22.9 Å². The minimum absolute atomic E-state index is 0.0972. The summed E-state index contributed by atoms with van der Waals surface area (Å²) in [6, 6.07) is 9.05. The summed E-state index contributed by atoms with van der Waals surface area (Å²) in [5, 5.41) is 9.84. The number of phenolic OH excluding ortho intramolecular Hbond substituents is 1. The van der Waals surface area contributed by atoms with Crippen LogP contribution in [0.2, 0.25) is 0 Å². The third-order valence-corrected chi connectivity index (χ3v) is 3.09. The second-order valence-corrected chi connectivity index (χ2v) is 4.23. The minimum atomic E-state index is 0.0972. The molecule has 1 aromatic carbocycles. The van der Waals surface area contributed by atoms with E-state index in [2.05, 4.69) is 9.97 Å². The number of nitrogens with zero attached hydrogens (tertiary/aromatic N) is 3. The number of fused-ring (bicyclic) bond motifs is 1. The topological polar surface area (TPSA) is 60.2 Å². The average Bonchev–Trinajstić information content (AvgIpc) is 2.77. The minimum Gasteiger partial charge on any atom is -0.504 e. The molecule has 3 rings (SSSR count). The Hall–Kier alpha value is -2.56. The van der Waals surface area contributed by atoms with Gasteiger partial charge in [0.2, 0.25) is 0 Å². The highest BCUT2D eigenvalue weighted by atomic mass is 16.5. The molecular formula is C14H13N3O2. The highest BCUT2D eigenvalue weighted by Gasteiger charge is 2.12. The summed E-state index contributed by atoms with van der Waals surface area (Å²) >= 11 is 0. The Kier molecular flexibility index (Phi) is 2.59. The second kappa shape index (κ2) is 4.28. The first-order valence-corrected chi connectivity index (χ1v) is 5.85. The van der Waals surface area contributed by atoms with E-state index in [0.29, 0.717) is 11.4 Å². The highest BCUT2D eigenvalue weighted by molar-refractivity contribution is 5.77. The van der Waals surface area contributed by atoms with Crippen LogP contribution in [-0.4, -0.2) is 26.8 Å². The lowest BCUT2D eigenvalue weighted by Gasteiger charge is -2.06. The molecule has 0 atom stereocenters. The van der Waals surface area contributed by atoms with Gasteiger partial charge in [0.05, 0.1) is 12.6 Å². The number of pyridine rings is 1. The summed E-state index contributed by atoms with van der Waals surface area (Å²) in [6.07, 6.45) is 1.71. The lowest BCUT2D eigenvalue weighted by atomic mass is 10.2. The van der Waals surface area contributed by atoms with Crippen LogP contribution in [0.4, 0.5) is 0 Å². The number of benzene rings is 1. The summed E-state index contributed by atoms with van der Waals surface area (Å²) < 4.78 is 6.98. The molecule has 1 N–H and O–H groups in total. The first kappa shape index (κ1) is 11.5. The number of aromatic nitrogens is 3. The van der Waals surface area contributed by atoms with Gasteiger partial charge in [0.1, 0.15) is 5.82 Å². The molecule has 0 fully saturated rings. The number of phenols is 1. The Morgan fingerprint density at radius 3 is 2.79 bits per heavy atom. The number of methoxy groups -OCH3 is 1. The highest BCUT2D eigenvalue weighted by Crippen LogP contribution is 2.31. The Bertz CT molecular complexity index is 750. The number of aromatic hydroxyl groups is 1. The molecule has 0 spiro atoms. The number of ether oxygens (including phenoxy) is 1. The number of hydrogen-bond donors (Lipinski definition) is 1. The summed E-state index contributed by atoms with van der Waals surface area (Å²) in [5.41, 5.74) is 2.46. The lowest BCUT2D eigenvalue weighted by Crippen LogP contribution is -1.93. The molecule has 96 valence electrons. The van der Waals surface area contributed by atoms with Gasteiger partial charge in [0, 0.05) is 18.8 Å². The SMILES string of the molecule is COc1ccc(-c2nc3ncccc3n2C)cc1O. The van der Waals surface area contributed by atoms with Gasteiger partial charge in [-0.1, -0.05) is 0 Å². The van der Waals surface area contributed by atoms with E-state index in [4.69, 9.17) is 4.74 Å². The second-order valence-electron chi connectivity index (χ2n) is 4.23. The van der Waals surface area contributed by atoms with Crippen LogP contribution in [0, 0.1) is 0 Å². The van der Waals surface area contributed by atoms with Gasteiger partial charge in [-0.05, 0) is 30.3 Å². The average molecular weight is 255 g/mol. The van der Waals surface area contributed by atoms with Crippen LogP contribution in [0.1, 0.15) is 0 Å². The zero-order valence-corrected chi connectivity index (χ0v) is 10.7. The van der Waals surface area contributed by atoms with E-state index in [1.54, 1.807) is 18.3 Å². The Morgan fingerprint density at radius 1 is 1.26 bits per heavy atom.